The van der Waals surface area contributed by atoms with Gasteiger partial charge >= 0.3 is 0 Å². The number of halogens is 1. The van der Waals surface area contributed by atoms with Crippen LogP contribution in [0.3, 0.4) is 0 Å². The van der Waals surface area contributed by atoms with Crippen molar-refractivity contribution in [3.8, 4) is 0 Å². The van der Waals surface area contributed by atoms with E-state index in [1.807, 2.05) is 19.1 Å². The molecule has 2 rings (SSSR count). The number of aliphatic hydroxyl groups is 1. The Labute approximate surface area is 125 Å². The maximum Gasteiger partial charge on any atom is 0.128 e. The molecule has 6 heteroatoms. The fourth-order valence-electron chi connectivity index (χ4n) is 2.32. The zero-order chi connectivity index (χ0) is 14.4. The number of aliphatic hydroxyl groups excluding tert-OH is 1. The van der Waals surface area contributed by atoms with Gasteiger partial charge in [0, 0.05) is 45.5 Å². The molecule has 5 nitrogen and oxygen atoms in total. The molecular weight excluding hydrogens is 278 g/mol. The SMILES string of the molecule is CCOCC(O)CN1CCN(c2ccc(Cl)cn2)CC1. The molecule has 0 bridgehead atoms. The van der Waals surface area contributed by atoms with Crippen LogP contribution < -0.4 is 4.90 Å². The number of ether oxygens (including phenoxy) is 1. The van der Waals surface area contributed by atoms with Crippen molar-refractivity contribution >= 4 is 17.4 Å². The summed E-state index contributed by atoms with van der Waals surface area (Å²) in [6.45, 7) is 7.34. The third-order valence-electron chi connectivity index (χ3n) is 3.39. The van der Waals surface area contributed by atoms with Gasteiger partial charge in [0.2, 0.25) is 0 Å². The van der Waals surface area contributed by atoms with Crippen molar-refractivity contribution in [2.75, 3.05) is 50.8 Å². The molecule has 1 fully saturated rings. The maximum atomic E-state index is 9.84. The first-order valence-corrected chi connectivity index (χ1v) is 7.41. The van der Waals surface area contributed by atoms with Crippen LogP contribution in [0.15, 0.2) is 18.3 Å². The van der Waals surface area contributed by atoms with E-state index in [9.17, 15) is 5.11 Å². The summed E-state index contributed by atoms with van der Waals surface area (Å²) in [4.78, 5) is 8.83. The lowest BCUT2D eigenvalue weighted by Gasteiger charge is -2.36. The van der Waals surface area contributed by atoms with Gasteiger partial charge < -0.3 is 14.7 Å². The predicted molar refractivity (Wildman–Crippen MR) is 80.4 cm³/mol. The Morgan fingerprint density at radius 3 is 2.70 bits per heavy atom. The summed E-state index contributed by atoms with van der Waals surface area (Å²) in [6, 6.07) is 3.81. The molecular formula is C14H22ClN3O2. The highest BCUT2D eigenvalue weighted by molar-refractivity contribution is 6.30. The largest absolute Gasteiger partial charge is 0.389 e. The summed E-state index contributed by atoms with van der Waals surface area (Å²) < 4.78 is 5.23. The summed E-state index contributed by atoms with van der Waals surface area (Å²) >= 11 is 5.84. The van der Waals surface area contributed by atoms with Crippen LogP contribution in [0.4, 0.5) is 5.82 Å². The highest BCUT2D eigenvalue weighted by Crippen LogP contribution is 2.16. The standard InChI is InChI=1S/C14H22ClN3O2/c1-2-20-11-13(19)10-17-5-7-18(8-6-17)14-4-3-12(15)9-16-14/h3-4,9,13,19H,2,5-8,10-11H2,1H3. The molecule has 0 aliphatic carbocycles. The summed E-state index contributed by atoms with van der Waals surface area (Å²) in [5.41, 5.74) is 0. The van der Waals surface area contributed by atoms with E-state index in [0.29, 0.717) is 24.8 Å². The zero-order valence-electron chi connectivity index (χ0n) is 11.8. The summed E-state index contributed by atoms with van der Waals surface area (Å²) in [5, 5.41) is 10.5. The molecule has 1 saturated heterocycles. The van der Waals surface area contributed by atoms with Crippen molar-refractivity contribution in [3.05, 3.63) is 23.4 Å². The van der Waals surface area contributed by atoms with Gasteiger partial charge in [-0.3, -0.25) is 4.90 Å². The van der Waals surface area contributed by atoms with E-state index in [1.165, 1.54) is 0 Å². The van der Waals surface area contributed by atoms with E-state index in [4.69, 9.17) is 16.3 Å². The van der Waals surface area contributed by atoms with Crippen molar-refractivity contribution in [2.24, 2.45) is 0 Å². The third-order valence-corrected chi connectivity index (χ3v) is 3.61. The number of hydrogen-bond donors (Lipinski definition) is 1. The molecule has 1 aromatic rings. The summed E-state index contributed by atoms with van der Waals surface area (Å²) in [7, 11) is 0. The van der Waals surface area contributed by atoms with Crippen molar-refractivity contribution in [1.82, 2.24) is 9.88 Å². The van der Waals surface area contributed by atoms with E-state index < -0.39 is 6.10 Å². The highest BCUT2D eigenvalue weighted by atomic mass is 35.5. The van der Waals surface area contributed by atoms with E-state index in [-0.39, 0.29) is 0 Å². The van der Waals surface area contributed by atoms with Gasteiger partial charge in [-0.05, 0) is 19.1 Å². The molecule has 1 N–H and O–H groups in total. The Morgan fingerprint density at radius 2 is 2.10 bits per heavy atom. The Morgan fingerprint density at radius 1 is 1.35 bits per heavy atom. The molecule has 2 heterocycles. The molecule has 1 atom stereocenters. The van der Waals surface area contributed by atoms with E-state index in [0.717, 1.165) is 32.0 Å². The number of pyridine rings is 1. The molecule has 0 amide bonds. The second-order valence-electron chi connectivity index (χ2n) is 4.94. The number of aromatic nitrogens is 1. The number of nitrogens with zero attached hydrogens (tertiary/aromatic N) is 3. The molecule has 1 aliphatic rings. The fraction of sp³-hybridized carbons (Fsp3) is 0.643. The van der Waals surface area contributed by atoms with Gasteiger partial charge in [0.1, 0.15) is 5.82 Å². The third kappa shape index (κ3) is 4.59. The Kier molecular flexibility index (Phi) is 6.04. The van der Waals surface area contributed by atoms with Crippen molar-refractivity contribution in [1.29, 1.82) is 0 Å². The average Bonchev–Trinajstić information content (AvgIpc) is 2.47. The van der Waals surface area contributed by atoms with Crippen LogP contribution in [0, 0.1) is 0 Å². The normalized spacial score (nSPS) is 18.2. The van der Waals surface area contributed by atoms with Gasteiger partial charge in [-0.2, -0.15) is 0 Å². The van der Waals surface area contributed by atoms with Gasteiger partial charge in [-0.15, -0.1) is 0 Å². The minimum Gasteiger partial charge on any atom is -0.389 e. The summed E-state index contributed by atoms with van der Waals surface area (Å²) in [5.74, 6) is 0.962. The van der Waals surface area contributed by atoms with Gasteiger partial charge in [0.15, 0.2) is 0 Å². The first kappa shape index (κ1) is 15.5. The molecule has 112 valence electrons. The smallest absolute Gasteiger partial charge is 0.128 e. The van der Waals surface area contributed by atoms with Crippen LogP contribution in [0.2, 0.25) is 5.02 Å². The van der Waals surface area contributed by atoms with Crippen molar-refractivity contribution in [3.63, 3.8) is 0 Å². The molecule has 0 saturated carbocycles. The Balaban J connectivity index is 1.76. The second-order valence-corrected chi connectivity index (χ2v) is 5.37. The number of piperazine rings is 1. The van der Waals surface area contributed by atoms with Gasteiger partial charge in [-0.25, -0.2) is 4.98 Å². The first-order valence-electron chi connectivity index (χ1n) is 7.03. The van der Waals surface area contributed by atoms with Crippen LogP contribution >= 0.6 is 11.6 Å². The minimum atomic E-state index is -0.407. The van der Waals surface area contributed by atoms with Gasteiger partial charge in [0.05, 0.1) is 17.7 Å². The maximum absolute atomic E-state index is 9.84. The van der Waals surface area contributed by atoms with E-state index >= 15 is 0 Å². The van der Waals surface area contributed by atoms with Crippen LogP contribution in [-0.2, 0) is 4.74 Å². The van der Waals surface area contributed by atoms with Gasteiger partial charge in [0.25, 0.3) is 0 Å². The first-order chi connectivity index (χ1) is 9.69. The lowest BCUT2D eigenvalue weighted by atomic mass is 10.2. The minimum absolute atomic E-state index is 0.407. The van der Waals surface area contributed by atoms with Crippen LogP contribution in [0.25, 0.3) is 0 Å². The number of rotatable bonds is 6. The quantitative estimate of drug-likeness (QED) is 0.857. The zero-order valence-corrected chi connectivity index (χ0v) is 12.6. The summed E-state index contributed by atoms with van der Waals surface area (Å²) in [6.07, 6.45) is 1.27. The van der Waals surface area contributed by atoms with E-state index in [2.05, 4.69) is 14.8 Å². The van der Waals surface area contributed by atoms with Crippen LogP contribution in [0.5, 0.6) is 0 Å². The monoisotopic (exact) mass is 299 g/mol. The molecule has 0 aromatic carbocycles. The average molecular weight is 300 g/mol. The van der Waals surface area contributed by atoms with Crippen LogP contribution in [0.1, 0.15) is 6.92 Å². The van der Waals surface area contributed by atoms with Crippen LogP contribution in [-0.4, -0.2) is 67.0 Å². The molecule has 0 radical (unpaired) electrons. The number of β-amino-alcohol motifs (C(OH)–C–C–N with tert-alkyl or cyclic N) is 1. The van der Waals surface area contributed by atoms with Gasteiger partial charge in [-0.1, -0.05) is 11.6 Å². The molecule has 0 spiro atoms. The Bertz CT molecular complexity index is 394. The second kappa shape index (κ2) is 7.78. The highest BCUT2D eigenvalue weighted by Gasteiger charge is 2.19. The predicted octanol–water partition coefficient (Wildman–Crippen LogP) is 1.25. The molecule has 1 aliphatic heterocycles. The topological polar surface area (TPSA) is 48.8 Å². The lowest BCUT2D eigenvalue weighted by Crippen LogP contribution is -2.49. The number of hydrogen-bond acceptors (Lipinski definition) is 5. The lowest BCUT2D eigenvalue weighted by molar-refractivity contribution is 0.0202. The molecule has 1 unspecified atom stereocenters. The van der Waals surface area contributed by atoms with Crippen molar-refractivity contribution < 1.29 is 9.84 Å². The fourth-order valence-corrected chi connectivity index (χ4v) is 2.43. The molecule has 1 aromatic heterocycles. The Hall–Kier alpha value is -0.880. The molecule has 20 heavy (non-hydrogen) atoms. The number of anilines is 1. The van der Waals surface area contributed by atoms with Crippen molar-refractivity contribution in [2.45, 2.75) is 13.0 Å². The van der Waals surface area contributed by atoms with E-state index in [1.54, 1.807) is 6.20 Å².